The molecule has 1 N–H and O–H groups in total. The first-order chi connectivity index (χ1) is 9.06. The first kappa shape index (κ1) is 13.1. The topological polar surface area (TPSA) is 66.8 Å². The van der Waals surface area contributed by atoms with Gasteiger partial charge in [-0.15, -0.1) is 6.58 Å². The molecule has 0 spiro atoms. The molecule has 1 atom stereocenters. The highest BCUT2D eigenvalue weighted by Gasteiger charge is 2.29. The fourth-order valence-electron chi connectivity index (χ4n) is 2.17. The van der Waals surface area contributed by atoms with Crippen molar-refractivity contribution >= 4 is 17.6 Å². The van der Waals surface area contributed by atoms with Crippen LogP contribution in [0.5, 0.6) is 5.75 Å². The van der Waals surface area contributed by atoms with E-state index in [1.807, 2.05) is 0 Å². The van der Waals surface area contributed by atoms with Gasteiger partial charge in [0.05, 0.1) is 7.11 Å². The monoisotopic (exact) mass is 261 g/mol. The van der Waals surface area contributed by atoms with E-state index in [2.05, 4.69) is 6.58 Å². The summed E-state index contributed by atoms with van der Waals surface area (Å²) in [5, 5.41) is 9.13. The van der Waals surface area contributed by atoms with Crippen molar-refractivity contribution in [3.05, 3.63) is 36.4 Å². The molecular formula is C14H15NO4. The molecule has 0 aromatic heterocycles. The van der Waals surface area contributed by atoms with Gasteiger partial charge in [0.15, 0.2) is 0 Å². The van der Waals surface area contributed by atoms with Crippen molar-refractivity contribution in [1.29, 1.82) is 0 Å². The molecule has 1 aromatic carbocycles. The second kappa shape index (κ2) is 5.14. The van der Waals surface area contributed by atoms with Gasteiger partial charge in [0.2, 0.25) is 5.91 Å². The number of anilines is 1. The Labute approximate surface area is 111 Å². The molecule has 5 nitrogen and oxygen atoms in total. The van der Waals surface area contributed by atoms with Gasteiger partial charge in [0, 0.05) is 24.6 Å². The number of carbonyl (C=O) groups is 2. The number of amides is 1. The maximum Gasteiger partial charge on any atom is 0.339 e. The summed E-state index contributed by atoms with van der Waals surface area (Å²) >= 11 is 0. The van der Waals surface area contributed by atoms with Gasteiger partial charge in [-0.1, -0.05) is 6.08 Å². The maximum absolute atomic E-state index is 11.9. The molecule has 1 aliphatic rings. The smallest absolute Gasteiger partial charge is 0.339 e. The molecule has 1 unspecified atom stereocenters. The molecule has 1 aliphatic heterocycles. The highest BCUT2D eigenvalue weighted by molar-refractivity contribution is 5.98. The molecule has 2 rings (SSSR count). The Bertz CT molecular complexity index is 538. The number of benzene rings is 1. The van der Waals surface area contributed by atoms with Crippen LogP contribution in [0.15, 0.2) is 30.9 Å². The summed E-state index contributed by atoms with van der Waals surface area (Å²) in [6, 6.07) is 4.71. The van der Waals surface area contributed by atoms with E-state index in [0.717, 1.165) is 0 Å². The first-order valence-electron chi connectivity index (χ1n) is 5.91. The number of hydrogen-bond acceptors (Lipinski definition) is 3. The van der Waals surface area contributed by atoms with E-state index < -0.39 is 5.97 Å². The Balaban J connectivity index is 2.36. The molecule has 0 bridgehead atoms. The van der Waals surface area contributed by atoms with Crippen molar-refractivity contribution in [2.24, 2.45) is 5.92 Å². The Morgan fingerprint density at radius 3 is 2.84 bits per heavy atom. The predicted octanol–water partition coefficient (Wildman–Crippen LogP) is 1.93. The molecular weight excluding hydrogens is 246 g/mol. The lowest BCUT2D eigenvalue weighted by Gasteiger charge is -2.17. The zero-order chi connectivity index (χ0) is 14.0. The highest BCUT2D eigenvalue weighted by Crippen LogP contribution is 2.29. The largest absolute Gasteiger partial charge is 0.496 e. The molecule has 0 radical (unpaired) electrons. The predicted molar refractivity (Wildman–Crippen MR) is 70.6 cm³/mol. The number of rotatable bonds is 4. The lowest BCUT2D eigenvalue weighted by Crippen LogP contribution is -2.24. The lowest BCUT2D eigenvalue weighted by atomic mass is 10.1. The van der Waals surface area contributed by atoms with Gasteiger partial charge in [-0.2, -0.15) is 0 Å². The van der Waals surface area contributed by atoms with E-state index in [0.29, 0.717) is 18.7 Å². The van der Waals surface area contributed by atoms with Crippen LogP contribution < -0.4 is 9.64 Å². The minimum atomic E-state index is -1.08. The highest BCUT2D eigenvalue weighted by atomic mass is 16.5. The fraction of sp³-hybridized carbons (Fsp3) is 0.286. The number of aromatic carboxylic acids is 1. The van der Waals surface area contributed by atoms with Crippen molar-refractivity contribution in [3.8, 4) is 5.75 Å². The Kier molecular flexibility index (Phi) is 3.55. The third-order valence-corrected chi connectivity index (χ3v) is 3.21. The van der Waals surface area contributed by atoms with Crippen molar-refractivity contribution in [1.82, 2.24) is 0 Å². The second-order valence-electron chi connectivity index (χ2n) is 4.39. The van der Waals surface area contributed by atoms with Gasteiger partial charge in [-0.25, -0.2) is 4.79 Å². The summed E-state index contributed by atoms with van der Waals surface area (Å²) in [6.07, 6.45) is 2.16. The molecule has 5 heteroatoms. The van der Waals surface area contributed by atoms with Crippen molar-refractivity contribution in [2.75, 3.05) is 18.6 Å². The summed E-state index contributed by atoms with van der Waals surface area (Å²) in [6.45, 7) is 4.22. The van der Waals surface area contributed by atoms with Gasteiger partial charge >= 0.3 is 5.97 Å². The Morgan fingerprint density at radius 1 is 1.58 bits per heavy atom. The summed E-state index contributed by atoms with van der Waals surface area (Å²) in [5.74, 6) is -0.705. The summed E-state index contributed by atoms with van der Waals surface area (Å²) in [4.78, 5) is 24.6. The van der Waals surface area contributed by atoms with Crippen LogP contribution in [0.4, 0.5) is 5.69 Å². The van der Waals surface area contributed by atoms with Gasteiger partial charge < -0.3 is 14.7 Å². The van der Waals surface area contributed by atoms with Crippen LogP contribution in [-0.4, -0.2) is 30.6 Å². The molecule has 1 aromatic rings. The molecule has 0 saturated carbocycles. The average molecular weight is 261 g/mol. The normalized spacial score (nSPS) is 18.5. The lowest BCUT2D eigenvalue weighted by molar-refractivity contribution is -0.117. The number of nitrogens with zero attached hydrogens (tertiary/aromatic N) is 1. The number of ether oxygens (including phenoxy) is 1. The van der Waals surface area contributed by atoms with Crippen LogP contribution >= 0.6 is 0 Å². The zero-order valence-corrected chi connectivity index (χ0v) is 10.6. The maximum atomic E-state index is 11.9. The second-order valence-corrected chi connectivity index (χ2v) is 4.39. The van der Waals surface area contributed by atoms with E-state index in [1.54, 1.807) is 23.1 Å². The zero-order valence-electron chi connectivity index (χ0n) is 10.6. The van der Waals surface area contributed by atoms with Crippen molar-refractivity contribution < 1.29 is 19.4 Å². The minimum Gasteiger partial charge on any atom is -0.496 e. The number of carbonyl (C=O) groups excluding carboxylic acids is 1. The summed E-state index contributed by atoms with van der Waals surface area (Å²) in [7, 11) is 1.41. The number of carboxylic acid groups (broad SMARTS) is 1. The fourth-order valence-corrected chi connectivity index (χ4v) is 2.17. The van der Waals surface area contributed by atoms with Gasteiger partial charge in [-0.3, -0.25) is 4.79 Å². The SMILES string of the molecule is C=CC1CC(=O)N(c2ccc(OC)c(C(=O)O)c2)C1. The van der Waals surface area contributed by atoms with Crippen LogP contribution in [0.3, 0.4) is 0 Å². The molecule has 100 valence electrons. The minimum absolute atomic E-state index is 0.0218. The Morgan fingerprint density at radius 2 is 2.32 bits per heavy atom. The van der Waals surface area contributed by atoms with Gasteiger partial charge in [0.25, 0.3) is 0 Å². The van der Waals surface area contributed by atoms with Crippen LogP contribution in [0.25, 0.3) is 0 Å². The quantitative estimate of drug-likeness (QED) is 0.841. The van der Waals surface area contributed by atoms with Crippen LogP contribution in [0.2, 0.25) is 0 Å². The first-order valence-corrected chi connectivity index (χ1v) is 5.91. The van der Waals surface area contributed by atoms with E-state index >= 15 is 0 Å². The number of carboxylic acids is 1. The van der Waals surface area contributed by atoms with E-state index in [1.165, 1.54) is 13.2 Å². The van der Waals surface area contributed by atoms with E-state index in [-0.39, 0.29) is 23.1 Å². The third kappa shape index (κ3) is 2.45. The molecule has 1 amide bonds. The number of hydrogen-bond donors (Lipinski definition) is 1. The van der Waals surface area contributed by atoms with Crippen molar-refractivity contribution in [3.63, 3.8) is 0 Å². The van der Waals surface area contributed by atoms with Crippen molar-refractivity contribution in [2.45, 2.75) is 6.42 Å². The van der Waals surface area contributed by atoms with Crippen LogP contribution in [0, 0.1) is 5.92 Å². The van der Waals surface area contributed by atoms with Gasteiger partial charge in [-0.05, 0) is 18.2 Å². The molecule has 19 heavy (non-hydrogen) atoms. The number of methoxy groups -OCH3 is 1. The van der Waals surface area contributed by atoms with Crippen LogP contribution in [0.1, 0.15) is 16.8 Å². The molecule has 1 heterocycles. The molecule has 1 saturated heterocycles. The summed E-state index contributed by atoms with van der Waals surface area (Å²) < 4.78 is 4.99. The van der Waals surface area contributed by atoms with E-state index in [4.69, 9.17) is 9.84 Å². The molecule has 0 aliphatic carbocycles. The standard InChI is InChI=1S/C14H15NO4/c1-3-9-6-13(16)15(8-9)10-4-5-12(19-2)11(7-10)14(17)18/h3-5,7,9H,1,6,8H2,2H3,(H,17,18). The third-order valence-electron chi connectivity index (χ3n) is 3.21. The summed E-state index contributed by atoms with van der Waals surface area (Å²) in [5.41, 5.74) is 0.627. The Hall–Kier alpha value is -2.30. The van der Waals surface area contributed by atoms with Crippen LogP contribution in [-0.2, 0) is 4.79 Å². The van der Waals surface area contributed by atoms with Gasteiger partial charge in [0.1, 0.15) is 11.3 Å². The average Bonchev–Trinajstić information content (AvgIpc) is 2.79. The van der Waals surface area contributed by atoms with E-state index in [9.17, 15) is 9.59 Å². The molecule has 1 fully saturated rings.